The monoisotopic (exact) mass is 327 g/mol. The second-order valence-corrected chi connectivity index (χ2v) is 7.47. The van der Waals surface area contributed by atoms with Crippen LogP contribution >= 0.6 is 12.4 Å². The lowest BCUT2D eigenvalue weighted by atomic mass is 10.1. The Morgan fingerprint density at radius 1 is 1.10 bits per heavy atom. The molecule has 5 nitrogen and oxygen atoms in total. The first-order chi connectivity index (χ1) is 8.93. The van der Waals surface area contributed by atoms with Crippen LogP contribution in [0.25, 0.3) is 0 Å². The van der Waals surface area contributed by atoms with Crippen molar-refractivity contribution >= 4 is 22.6 Å². The molecule has 0 spiro atoms. The van der Waals surface area contributed by atoms with Crippen LogP contribution in [0.1, 0.15) is 52.4 Å². The van der Waals surface area contributed by atoms with Crippen LogP contribution in [-0.2, 0) is 10.2 Å². The zero-order valence-electron chi connectivity index (χ0n) is 12.9. The Hall–Kier alpha value is 0.120. The van der Waals surface area contributed by atoms with Crippen LogP contribution in [0.5, 0.6) is 0 Å². The molecule has 1 saturated carbocycles. The van der Waals surface area contributed by atoms with Gasteiger partial charge in [-0.2, -0.15) is 12.7 Å². The third kappa shape index (κ3) is 7.22. The van der Waals surface area contributed by atoms with Crippen LogP contribution in [0.2, 0.25) is 0 Å². The topological polar surface area (TPSA) is 61.4 Å². The predicted molar refractivity (Wildman–Crippen MR) is 86.6 cm³/mol. The van der Waals surface area contributed by atoms with Gasteiger partial charge in [-0.05, 0) is 26.7 Å². The van der Waals surface area contributed by atoms with Gasteiger partial charge in [0.05, 0.1) is 0 Å². The Morgan fingerprint density at radius 2 is 1.65 bits per heavy atom. The summed E-state index contributed by atoms with van der Waals surface area (Å²) in [7, 11) is -1.72. The van der Waals surface area contributed by atoms with Crippen LogP contribution in [0, 0.1) is 0 Å². The van der Waals surface area contributed by atoms with Gasteiger partial charge in [-0.25, -0.2) is 4.72 Å². The van der Waals surface area contributed by atoms with E-state index in [9.17, 15) is 8.42 Å². The van der Waals surface area contributed by atoms with Gasteiger partial charge in [0.2, 0.25) is 0 Å². The molecule has 1 aliphatic carbocycles. The van der Waals surface area contributed by atoms with Crippen LogP contribution in [0.15, 0.2) is 0 Å². The van der Waals surface area contributed by atoms with E-state index in [1.54, 1.807) is 7.05 Å². The fraction of sp³-hybridized carbons (Fsp3) is 1.00. The highest BCUT2D eigenvalue weighted by molar-refractivity contribution is 7.87. The lowest BCUT2D eigenvalue weighted by Gasteiger charge is -2.22. The molecule has 0 aliphatic heterocycles. The van der Waals surface area contributed by atoms with E-state index in [2.05, 4.69) is 10.0 Å². The molecule has 0 unspecified atom stereocenters. The maximum Gasteiger partial charge on any atom is 0.279 e. The molecule has 122 valence electrons. The van der Waals surface area contributed by atoms with Crippen molar-refractivity contribution in [3.8, 4) is 0 Å². The summed E-state index contributed by atoms with van der Waals surface area (Å²) in [5, 5.41) is 3.46. The molecule has 1 aliphatic rings. The fourth-order valence-corrected chi connectivity index (χ4v) is 3.44. The highest BCUT2D eigenvalue weighted by atomic mass is 35.5. The predicted octanol–water partition coefficient (Wildman–Crippen LogP) is 1.90. The lowest BCUT2D eigenvalue weighted by Crippen LogP contribution is -2.44. The van der Waals surface area contributed by atoms with Gasteiger partial charge in [-0.3, -0.25) is 0 Å². The Morgan fingerprint density at radius 3 is 2.15 bits per heavy atom. The normalized spacial score (nSPS) is 18.1. The lowest BCUT2D eigenvalue weighted by molar-refractivity contribution is 0.400. The highest BCUT2D eigenvalue weighted by Crippen LogP contribution is 2.16. The maximum atomic E-state index is 11.9. The molecule has 0 aromatic carbocycles. The molecule has 1 rings (SSSR count). The average molecular weight is 328 g/mol. The summed E-state index contributed by atoms with van der Waals surface area (Å²) in [6.07, 6.45) is 7.70. The zero-order valence-corrected chi connectivity index (χ0v) is 14.5. The molecule has 0 amide bonds. The van der Waals surface area contributed by atoms with Gasteiger partial charge in [0, 0.05) is 32.2 Å². The maximum absolute atomic E-state index is 11.9. The van der Waals surface area contributed by atoms with Crippen molar-refractivity contribution in [3.05, 3.63) is 0 Å². The van der Waals surface area contributed by atoms with Gasteiger partial charge >= 0.3 is 0 Å². The Kier molecular flexibility index (Phi) is 10.0. The minimum absolute atomic E-state index is 0. The van der Waals surface area contributed by atoms with Gasteiger partial charge < -0.3 is 5.32 Å². The average Bonchev–Trinajstić information content (AvgIpc) is 2.62. The molecule has 0 bridgehead atoms. The van der Waals surface area contributed by atoms with Crippen molar-refractivity contribution in [2.75, 3.05) is 20.1 Å². The number of hydrogen-bond donors (Lipinski definition) is 2. The van der Waals surface area contributed by atoms with Gasteiger partial charge in [0.25, 0.3) is 10.2 Å². The molecular weight excluding hydrogens is 298 g/mol. The Balaban J connectivity index is 0.00000361. The summed E-state index contributed by atoms with van der Waals surface area (Å²) >= 11 is 0. The van der Waals surface area contributed by atoms with E-state index in [-0.39, 0.29) is 18.4 Å². The van der Waals surface area contributed by atoms with Crippen LogP contribution in [0.4, 0.5) is 0 Å². The number of nitrogens with one attached hydrogen (secondary N) is 2. The van der Waals surface area contributed by atoms with Crippen molar-refractivity contribution < 1.29 is 8.42 Å². The number of hydrogen-bond acceptors (Lipinski definition) is 3. The molecule has 0 atom stereocenters. The van der Waals surface area contributed by atoms with E-state index < -0.39 is 10.2 Å². The standard InChI is InChI=1S/C13H29N3O2S.ClH/c1-12(2)16(3)19(17,18)15-11-10-14-13-8-6-4-5-7-9-13;/h12-15H,4-11H2,1-3H3;1H. The molecule has 0 saturated heterocycles. The molecule has 0 aromatic rings. The van der Waals surface area contributed by atoms with E-state index in [4.69, 9.17) is 0 Å². The van der Waals surface area contributed by atoms with E-state index in [1.165, 1.54) is 42.8 Å². The van der Waals surface area contributed by atoms with Crippen molar-refractivity contribution in [1.82, 2.24) is 14.3 Å². The van der Waals surface area contributed by atoms with Crippen molar-refractivity contribution in [1.29, 1.82) is 0 Å². The Bertz CT molecular complexity index is 342. The summed E-state index contributed by atoms with van der Waals surface area (Å²) in [5.41, 5.74) is 0. The van der Waals surface area contributed by atoms with Gasteiger partial charge in [-0.15, -0.1) is 12.4 Å². The smallest absolute Gasteiger partial charge is 0.279 e. The molecule has 0 heterocycles. The summed E-state index contributed by atoms with van der Waals surface area (Å²) in [6, 6.07) is 0.544. The summed E-state index contributed by atoms with van der Waals surface area (Å²) < 4.78 is 27.7. The molecule has 7 heteroatoms. The third-order valence-corrected chi connectivity index (χ3v) is 5.55. The van der Waals surface area contributed by atoms with E-state index in [0.29, 0.717) is 19.1 Å². The van der Waals surface area contributed by atoms with Crippen LogP contribution in [0.3, 0.4) is 0 Å². The van der Waals surface area contributed by atoms with E-state index in [1.807, 2.05) is 13.8 Å². The van der Waals surface area contributed by atoms with Crippen LogP contribution < -0.4 is 10.0 Å². The number of rotatable bonds is 7. The highest BCUT2D eigenvalue weighted by Gasteiger charge is 2.19. The van der Waals surface area contributed by atoms with Gasteiger partial charge in [-0.1, -0.05) is 25.7 Å². The van der Waals surface area contributed by atoms with Gasteiger partial charge in [0.1, 0.15) is 0 Å². The van der Waals surface area contributed by atoms with Crippen molar-refractivity contribution in [2.24, 2.45) is 0 Å². The SMILES string of the molecule is CC(C)N(C)S(=O)(=O)NCCNC1CCCCCC1.Cl. The van der Waals surface area contributed by atoms with Crippen molar-refractivity contribution in [3.63, 3.8) is 0 Å². The van der Waals surface area contributed by atoms with Crippen molar-refractivity contribution in [2.45, 2.75) is 64.5 Å². The van der Waals surface area contributed by atoms with Crippen LogP contribution in [-0.4, -0.2) is 44.9 Å². The van der Waals surface area contributed by atoms with Gasteiger partial charge in [0.15, 0.2) is 0 Å². The minimum Gasteiger partial charge on any atom is -0.313 e. The zero-order chi connectivity index (χ0) is 14.3. The van der Waals surface area contributed by atoms with E-state index in [0.717, 1.165) is 0 Å². The first-order valence-corrected chi connectivity index (χ1v) is 8.83. The number of halogens is 1. The summed E-state index contributed by atoms with van der Waals surface area (Å²) in [4.78, 5) is 0. The first-order valence-electron chi connectivity index (χ1n) is 7.39. The third-order valence-electron chi connectivity index (χ3n) is 3.80. The summed E-state index contributed by atoms with van der Waals surface area (Å²) in [5.74, 6) is 0. The largest absolute Gasteiger partial charge is 0.313 e. The molecular formula is C13H30ClN3O2S. The Labute approximate surface area is 130 Å². The second-order valence-electron chi connectivity index (χ2n) is 5.65. The fourth-order valence-electron chi connectivity index (χ4n) is 2.32. The number of nitrogens with zero attached hydrogens (tertiary/aromatic N) is 1. The molecule has 2 N–H and O–H groups in total. The minimum atomic E-state index is -3.33. The summed E-state index contributed by atoms with van der Waals surface area (Å²) in [6.45, 7) is 4.89. The first kappa shape index (κ1) is 20.1. The molecule has 1 fully saturated rings. The second kappa shape index (κ2) is 9.95. The van der Waals surface area contributed by atoms with E-state index >= 15 is 0 Å². The quantitative estimate of drug-likeness (QED) is 0.554. The molecule has 0 aromatic heterocycles. The molecule has 0 radical (unpaired) electrons. The molecule has 20 heavy (non-hydrogen) atoms.